The van der Waals surface area contributed by atoms with Gasteiger partial charge in [0.2, 0.25) is 6.29 Å². The van der Waals surface area contributed by atoms with Gasteiger partial charge in [0.25, 0.3) is 0 Å². The lowest BCUT2D eigenvalue weighted by atomic mass is 9.54. The molecule has 2 heterocycles. The summed E-state index contributed by atoms with van der Waals surface area (Å²) in [5, 5.41) is 60.2. The van der Waals surface area contributed by atoms with Crippen LogP contribution in [0.15, 0.2) is 48.3 Å². The Balaban J connectivity index is 1.36. The van der Waals surface area contributed by atoms with E-state index in [1.807, 2.05) is 6.92 Å². The quantitative estimate of drug-likeness (QED) is 0.144. The number of fused-ring (bicyclic) bond motifs is 3. The number of phenols is 1. The number of carbonyl (C=O) groups is 2. The Morgan fingerprint density at radius 2 is 1.88 bits per heavy atom. The zero-order valence-corrected chi connectivity index (χ0v) is 23.2. The third-order valence-electron chi connectivity index (χ3n) is 9.31. The third kappa shape index (κ3) is 5.54. The Bertz CT molecular complexity index is 1210. The highest BCUT2D eigenvalue weighted by atomic mass is 16.7. The summed E-state index contributed by atoms with van der Waals surface area (Å²) < 4.78 is 22.9. The van der Waals surface area contributed by atoms with Crippen molar-refractivity contribution in [2.75, 3.05) is 6.61 Å². The Morgan fingerprint density at radius 3 is 2.57 bits per heavy atom. The largest absolute Gasteiger partial charge is 0.508 e. The van der Waals surface area contributed by atoms with Gasteiger partial charge in [-0.25, -0.2) is 9.59 Å². The minimum Gasteiger partial charge on any atom is -0.508 e. The van der Waals surface area contributed by atoms with Gasteiger partial charge in [-0.15, -0.1) is 0 Å². The van der Waals surface area contributed by atoms with E-state index in [4.69, 9.17) is 18.9 Å². The average molecular weight is 591 g/mol. The van der Waals surface area contributed by atoms with E-state index < -0.39 is 78.9 Å². The number of hydrogen-bond acceptors (Lipinski definition) is 12. The van der Waals surface area contributed by atoms with Crippen molar-refractivity contribution in [1.82, 2.24) is 0 Å². The van der Waals surface area contributed by atoms with Crippen molar-refractivity contribution < 1.29 is 59.2 Å². The van der Waals surface area contributed by atoms with Gasteiger partial charge in [0, 0.05) is 29.2 Å². The molecule has 0 radical (unpaired) electrons. The molecule has 11 atom stereocenters. The van der Waals surface area contributed by atoms with Crippen LogP contribution in [0.5, 0.6) is 5.75 Å². The van der Waals surface area contributed by atoms with E-state index in [0.717, 1.165) is 0 Å². The summed E-state index contributed by atoms with van der Waals surface area (Å²) >= 11 is 0. The van der Waals surface area contributed by atoms with Crippen LogP contribution in [0, 0.1) is 17.3 Å². The van der Waals surface area contributed by atoms with Crippen molar-refractivity contribution in [2.24, 2.45) is 17.3 Å². The van der Waals surface area contributed by atoms with E-state index in [-0.39, 0.29) is 18.1 Å². The maximum atomic E-state index is 13.0. The molecule has 4 aliphatic rings. The first-order chi connectivity index (χ1) is 19.9. The number of rotatable bonds is 7. The number of aromatic hydroxyl groups is 1. The van der Waals surface area contributed by atoms with Crippen LogP contribution in [-0.2, 0) is 35.0 Å². The Labute approximate surface area is 242 Å². The van der Waals surface area contributed by atoms with Gasteiger partial charge in [0.15, 0.2) is 6.10 Å². The molecule has 1 aromatic rings. The number of benzene rings is 1. The molecule has 6 N–H and O–H groups in total. The van der Waals surface area contributed by atoms with Crippen LogP contribution in [0.3, 0.4) is 0 Å². The highest BCUT2D eigenvalue weighted by Crippen LogP contribution is 2.58. The number of phenolic OH excluding ortho intramolecular Hbond substituents is 1. The van der Waals surface area contributed by atoms with Gasteiger partial charge < -0.3 is 49.6 Å². The minimum absolute atomic E-state index is 0.00615. The van der Waals surface area contributed by atoms with E-state index in [9.17, 15) is 40.2 Å². The SMILES string of the molecule is C=C1C(=O)OC2C1CCC1(C)C(OC(=O)C(O)Cc3ccc(O)cc3)CCC(=COC3OC(CO)C(O)C(O)C3O)C21. The van der Waals surface area contributed by atoms with Crippen molar-refractivity contribution in [1.29, 1.82) is 0 Å². The summed E-state index contributed by atoms with van der Waals surface area (Å²) in [6.07, 6.45) is -6.64. The van der Waals surface area contributed by atoms with Crippen molar-refractivity contribution in [3.05, 3.63) is 53.8 Å². The van der Waals surface area contributed by atoms with E-state index in [1.54, 1.807) is 12.1 Å². The third-order valence-corrected chi connectivity index (χ3v) is 9.31. The minimum atomic E-state index is -1.61. The van der Waals surface area contributed by atoms with Crippen molar-refractivity contribution >= 4 is 11.9 Å². The molecule has 2 saturated heterocycles. The monoisotopic (exact) mass is 590 g/mol. The first-order valence-electron chi connectivity index (χ1n) is 14.2. The second kappa shape index (κ2) is 11.9. The van der Waals surface area contributed by atoms with E-state index in [2.05, 4.69) is 6.58 Å². The Kier molecular flexibility index (Phi) is 8.66. The van der Waals surface area contributed by atoms with Crippen LogP contribution in [0.25, 0.3) is 0 Å². The van der Waals surface area contributed by atoms with E-state index in [0.29, 0.717) is 42.4 Å². The van der Waals surface area contributed by atoms with Gasteiger partial charge in [-0.05, 0) is 49.0 Å². The summed E-state index contributed by atoms with van der Waals surface area (Å²) in [5.74, 6) is -1.92. The van der Waals surface area contributed by atoms with Crippen LogP contribution in [-0.4, -0.2) is 98.2 Å². The molecular formula is C30H38O12. The van der Waals surface area contributed by atoms with Crippen molar-refractivity contribution in [3.63, 3.8) is 0 Å². The Hall–Kier alpha value is -3.00. The highest BCUT2D eigenvalue weighted by Gasteiger charge is 2.60. The molecule has 0 bridgehead atoms. The number of aliphatic hydroxyl groups excluding tert-OH is 5. The molecule has 0 aromatic heterocycles. The molecule has 2 saturated carbocycles. The first-order valence-corrected chi connectivity index (χ1v) is 14.2. The van der Waals surface area contributed by atoms with Crippen molar-refractivity contribution in [3.8, 4) is 5.75 Å². The lowest BCUT2D eigenvalue weighted by Crippen LogP contribution is -2.59. The van der Waals surface area contributed by atoms with Gasteiger partial charge in [0.1, 0.15) is 42.4 Å². The molecule has 12 heteroatoms. The van der Waals surface area contributed by atoms with Gasteiger partial charge in [-0.2, -0.15) is 0 Å². The molecule has 4 fully saturated rings. The zero-order valence-electron chi connectivity index (χ0n) is 23.2. The molecule has 0 amide bonds. The van der Waals surface area contributed by atoms with Crippen LogP contribution in [0.1, 0.15) is 38.2 Å². The highest BCUT2D eigenvalue weighted by molar-refractivity contribution is 5.91. The predicted octanol–water partition coefficient (Wildman–Crippen LogP) is 0.216. The summed E-state index contributed by atoms with van der Waals surface area (Å²) in [5.41, 5.74) is 1.02. The molecule has 5 rings (SSSR count). The van der Waals surface area contributed by atoms with Crippen molar-refractivity contribution in [2.45, 2.75) is 88.0 Å². The van der Waals surface area contributed by atoms with Crippen LogP contribution in [0.2, 0.25) is 0 Å². The lowest BCUT2D eigenvalue weighted by molar-refractivity contribution is -0.288. The fraction of sp³-hybridized carbons (Fsp3) is 0.600. The molecule has 0 spiro atoms. The topological polar surface area (TPSA) is 192 Å². The molecule has 42 heavy (non-hydrogen) atoms. The molecule has 12 nitrogen and oxygen atoms in total. The number of aliphatic hydroxyl groups is 5. The van der Waals surface area contributed by atoms with Crippen LogP contribution >= 0.6 is 0 Å². The van der Waals surface area contributed by atoms with Gasteiger partial charge in [0.05, 0.1) is 12.9 Å². The summed E-state index contributed by atoms with van der Waals surface area (Å²) in [4.78, 5) is 25.5. The average Bonchev–Trinajstić information content (AvgIpc) is 3.26. The smallest absolute Gasteiger partial charge is 0.335 e. The molecule has 1 aromatic carbocycles. The van der Waals surface area contributed by atoms with E-state index in [1.165, 1.54) is 18.4 Å². The number of ether oxygens (including phenoxy) is 4. The van der Waals surface area contributed by atoms with Gasteiger partial charge in [-0.1, -0.05) is 25.6 Å². The second-order valence-corrected chi connectivity index (χ2v) is 11.9. The standard InChI is InChI=1S/C30H38O12/c1-14-18-9-10-30(2)21(41-28(38)19(33)11-15-3-6-17(32)7-4-15)8-5-16(22(30)26(18)42-27(14)37)13-39-29-25(36)24(35)23(34)20(12-31)40-29/h3-4,6-7,13,18-26,29,31-36H,1,5,8-12H2,2H3. The maximum absolute atomic E-state index is 13.0. The number of carbonyl (C=O) groups excluding carboxylic acids is 2. The van der Waals surface area contributed by atoms with Crippen LogP contribution < -0.4 is 0 Å². The van der Waals surface area contributed by atoms with Crippen LogP contribution in [0.4, 0.5) is 0 Å². The lowest BCUT2D eigenvalue weighted by Gasteiger charge is -2.53. The van der Waals surface area contributed by atoms with Gasteiger partial charge in [-0.3, -0.25) is 0 Å². The normalized spacial score (nSPS) is 39.7. The number of hydrogen-bond donors (Lipinski definition) is 6. The molecule has 230 valence electrons. The first kappa shape index (κ1) is 30.5. The second-order valence-electron chi connectivity index (χ2n) is 11.9. The fourth-order valence-corrected chi connectivity index (χ4v) is 6.86. The Morgan fingerprint density at radius 1 is 1.17 bits per heavy atom. The predicted molar refractivity (Wildman–Crippen MR) is 143 cm³/mol. The summed E-state index contributed by atoms with van der Waals surface area (Å²) in [6.45, 7) is 5.25. The summed E-state index contributed by atoms with van der Waals surface area (Å²) in [7, 11) is 0. The zero-order chi connectivity index (χ0) is 30.3. The van der Waals surface area contributed by atoms with E-state index >= 15 is 0 Å². The molecule has 2 aliphatic carbocycles. The maximum Gasteiger partial charge on any atom is 0.335 e. The van der Waals surface area contributed by atoms with Gasteiger partial charge >= 0.3 is 11.9 Å². The molecular weight excluding hydrogens is 552 g/mol. The molecule has 2 aliphatic heterocycles. The number of esters is 2. The summed E-state index contributed by atoms with van der Waals surface area (Å²) in [6, 6.07) is 6.16. The fourth-order valence-electron chi connectivity index (χ4n) is 6.86. The molecule has 11 unspecified atom stereocenters.